The number of para-hydroxylation sites is 1. The van der Waals surface area contributed by atoms with E-state index < -0.39 is 11.1 Å². The standard InChI is InChI=1S/C22H14N2O5S/c25-22(26)29-20-12-15(21-23-18(13-30-21)14-6-2-1-3-7-14)10-11-17(20)16-8-4-5-9-19(16)24(27)28/h1-13H,(H,25,26). The van der Waals surface area contributed by atoms with Gasteiger partial charge >= 0.3 is 6.16 Å². The number of hydrogen-bond acceptors (Lipinski definition) is 6. The minimum atomic E-state index is -1.50. The van der Waals surface area contributed by atoms with Gasteiger partial charge in [0.15, 0.2) is 0 Å². The van der Waals surface area contributed by atoms with Crippen molar-refractivity contribution in [2.45, 2.75) is 0 Å². The third-order valence-electron chi connectivity index (χ3n) is 4.39. The number of hydrogen-bond donors (Lipinski definition) is 1. The summed E-state index contributed by atoms with van der Waals surface area (Å²) in [5.41, 5.74) is 2.88. The maximum Gasteiger partial charge on any atom is 0.511 e. The summed E-state index contributed by atoms with van der Waals surface area (Å²) in [5.74, 6) is 0.00533. The van der Waals surface area contributed by atoms with Gasteiger partial charge in [-0.15, -0.1) is 11.3 Å². The molecule has 0 aliphatic rings. The van der Waals surface area contributed by atoms with Gasteiger partial charge in [-0.25, -0.2) is 9.78 Å². The molecular formula is C22H14N2O5S. The third kappa shape index (κ3) is 3.89. The van der Waals surface area contributed by atoms with Gasteiger partial charge in [0.2, 0.25) is 0 Å². The molecule has 1 heterocycles. The molecule has 4 aromatic rings. The highest BCUT2D eigenvalue weighted by Gasteiger charge is 2.20. The van der Waals surface area contributed by atoms with E-state index in [0.717, 1.165) is 11.3 Å². The molecule has 8 heteroatoms. The Hall–Kier alpha value is -4.04. The number of nitro groups is 1. The summed E-state index contributed by atoms with van der Waals surface area (Å²) < 4.78 is 4.96. The molecule has 0 fully saturated rings. The summed E-state index contributed by atoms with van der Waals surface area (Å²) in [6.07, 6.45) is -1.50. The van der Waals surface area contributed by atoms with Gasteiger partial charge in [-0.05, 0) is 18.2 Å². The van der Waals surface area contributed by atoms with Crippen molar-refractivity contribution in [3.05, 3.63) is 88.3 Å². The van der Waals surface area contributed by atoms with Crippen molar-refractivity contribution >= 4 is 23.2 Å². The number of carboxylic acid groups (broad SMARTS) is 1. The Bertz CT molecular complexity index is 1240. The fourth-order valence-electron chi connectivity index (χ4n) is 3.06. The molecule has 0 spiro atoms. The maximum atomic E-state index is 11.4. The first-order valence-corrected chi connectivity index (χ1v) is 9.71. The lowest BCUT2D eigenvalue weighted by Crippen LogP contribution is -2.05. The van der Waals surface area contributed by atoms with Gasteiger partial charge in [0, 0.05) is 28.1 Å². The Kier molecular flexibility index (Phi) is 5.23. The molecule has 0 saturated carbocycles. The highest BCUT2D eigenvalue weighted by Crippen LogP contribution is 2.39. The van der Waals surface area contributed by atoms with Crippen LogP contribution in [0.2, 0.25) is 0 Å². The summed E-state index contributed by atoms with van der Waals surface area (Å²) in [6.45, 7) is 0. The van der Waals surface area contributed by atoms with Crippen LogP contribution in [0.25, 0.3) is 33.0 Å². The second-order valence-electron chi connectivity index (χ2n) is 6.26. The fraction of sp³-hybridized carbons (Fsp3) is 0. The van der Waals surface area contributed by atoms with Crippen molar-refractivity contribution in [1.29, 1.82) is 0 Å². The molecule has 0 atom stereocenters. The van der Waals surface area contributed by atoms with Crippen LogP contribution in [0, 0.1) is 10.1 Å². The third-order valence-corrected chi connectivity index (χ3v) is 5.28. The minimum absolute atomic E-state index is 0.00533. The zero-order valence-corrected chi connectivity index (χ0v) is 16.2. The molecule has 0 aliphatic carbocycles. The summed E-state index contributed by atoms with van der Waals surface area (Å²) in [5, 5.41) is 23.2. The van der Waals surface area contributed by atoms with Gasteiger partial charge < -0.3 is 9.84 Å². The molecule has 0 amide bonds. The molecule has 148 valence electrons. The molecule has 7 nitrogen and oxygen atoms in total. The van der Waals surface area contributed by atoms with Gasteiger partial charge in [0.05, 0.1) is 16.2 Å². The number of nitrogens with zero attached hydrogens (tertiary/aromatic N) is 2. The number of nitro benzene ring substituents is 1. The van der Waals surface area contributed by atoms with Gasteiger partial charge in [0.1, 0.15) is 10.8 Å². The van der Waals surface area contributed by atoms with E-state index in [1.165, 1.54) is 23.5 Å². The van der Waals surface area contributed by atoms with Crippen LogP contribution >= 0.6 is 11.3 Å². The molecule has 0 bridgehead atoms. The van der Waals surface area contributed by atoms with E-state index >= 15 is 0 Å². The lowest BCUT2D eigenvalue weighted by atomic mass is 10.0. The van der Waals surface area contributed by atoms with E-state index in [9.17, 15) is 14.9 Å². The first-order valence-electron chi connectivity index (χ1n) is 8.83. The normalized spacial score (nSPS) is 10.5. The Morgan fingerprint density at radius 1 is 0.967 bits per heavy atom. The molecule has 0 aliphatic heterocycles. The topological polar surface area (TPSA) is 103 Å². The maximum absolute atomic E-state index is 11.4. The van der Waals surface area contributed by atoms with Crippen LogP contribution in [0.4, 0.5) is 10.5 Å². The highest BCUT2D eigenvalue weighted by molar-refractivity contribution is 7.13. The van der Waals surface area contributed by atoms with E-state index in [4.69, 9.17) is 9.84 Å². The zero-order valence-electron chi connectivity index (χ0n) is 15.4. The minimum Gasteiger partial charge on any atom is -0.449 e. The van der Waals surface area contributed by atoms with E-state index in [0.29, 0.717) is 16.1 Å². The lowest BCUT2D eigenvalue weighted by Gasteiger charge is -2.10. The second kappa shape index (κ2) is 8.14. The molecule has 3 aromatic carbocycles. The number of benzene rings is 3. The Balaban J connectivity index is 1.79. The molecule has 4 rings (SSSR count). The Morgan fingerprint density at radius 3 is 2.43 bits per heavy atom. The molecule has 1 N–H and O–H groups in total. The predicted molar refractivity (Wildman–Crippen MR) is 114 cm³/mol. The van der Waals surface area contributed by atoms with E-state index in [1.807, 2.05) is 35.7 Å². The van der Waals surface area contributed by atoms with E-state index in [1.54, 1.807) is 30.3 Å². The van der Waals surface area contributed by atoms with Crippen molar-refractivity contribution < 1.29 is 19.6 Å². The van der Waals surface area contributed by atoms with Gasteiger partial charge in [-0.2, -0.15) is 0 Å². The average molecular weight is 418 g/mol. The van der Waals surface area contributed by atoms with Crippen molar-refractivity contribution in [2.24, 2.45) is 0 Å². The van der Waals surface area contributed by atoms with Crippen molar-refractivity contribution in [3.63, 3.8) is 0 Å². The largest absolute Gasteiger partial charge is 0.511 e. The molecular weight excluding hydrogens is 404 g/mol. The highest BCUT2D eigenvalue weighted by atomic mass is 32.1. The first-order chi connectivity index (χ1) is 14.5. The van der Waals surface area contributed by atoms with Crippen LogP contribution in [-0.2, 0) is 0 Å². The van der Waals surface area contributed by atoms with Gasteiger partial charge in [-0.1, -0.05) is 48.5 Å². The Morgan fingerprint density at radius 2 is 1.70 bits per heavy atom. The number of carbonyl (C=O) groups is 1. The quantitative estimate of drug-likeness (QED) is 0.182. The van der Waals surface area contributed by atoms with Gasteiger partial charge in [-0.3, -0.25) is 10.1 Å². The number of ether oxygens (including phenoxy) is 1. The zero-order chi connectivity index (χ0) is 21.1. The number of aromatic nitrogens is 1. The first kappa shape index (κ1) is 19.3. The van der Waals surface area contributed by atoms with Gasteiger partial charge in [0.25, 0.3) is 5.69 Å². The van der Waals surface area contributed by atoms with Crippen molar-refractivity contribution in [2.75, 3.05) is 0 Å². The van der Waals surface area contributed by atoms with Crippen LogP contribution in [-0.4, -0.2) is 21.2 Å². The predicted octanol–water partition coefficient (Wildman–Crippen LogP) is 6.11. The fourth-order valence-corrected chi connectivity index (χ4v) is 3.89. The van der Waals surface area contributed by atoms with Crippen LogP contribution in [0.3, 0.4) is 0 Å². The monoisotopic (exact) mass is 418 g/mol. The van der Waals surface area contributed by atoms with E-state index in [2.05, 4.69) is 4.98 Å². The van der Waals surface area contributed by atoms with Crippen molar-refractivity contribution in [3.8, 4) is 38.7 Å². The molecule has 1 aromatic heterocycles. The number of thiazole rings is 1. The van der Waals surface area contributed by atoms with E-state index in [-0.39, 0.29) is 17.0 Å². The second-order valence-corrected chi connectivity index (χ2v) is 7.12. The van der Waals surface area contributed by atoms with Crippen LogP contribution < -0.4 is 4.74 Å². The summed E-state index contributed by atoms with van der Waals surface area (Å²) >= 11 is 1.41. The number of rotatable bonds is 5. The molecule has 0 saturated heterocycles. The molecule has 0 radical (unpaired) electrons. The lowest BCUT2D eigenvalue weighted by molar-refractivity contribution is -0.384. The summed E-state index contributed by atoms with van der Waals surface area (Å²) in [7, 11) is 0. The SMILES string of the molecule is O=C(O)Oc1cc(-c2nc(-c3ccccc3)cs2)ccc1-c1ccccc1[N+](=O)[O-]. The summed E-state index contributed by atoms with van der Waals surface area (Å²) in [6, 6.07) is 20.7. The van der Waals surface area contributed by atoms with Crippen LogP contribution in [0.1, 0.15) is 0 Å². The molecule has 30 heavy (non-hydrogen) atoms. The van der Waals surface area contributed by atoms with Crippen LogP contribution in [0.15, 0.2) is 78.2 Å². The van der Waals surface area contributed by atoms with Crippen molar-refractivity contribution in [1.82, 2.24) is 4.98 Å². The van der Waals surface area contributed by atoms with Crippen LogP contribution in [0.5, 0.6) is 5.75 Å². The smallest absolute Gasteiger partial charge is 0.449 e. The molecule has 0 unspecified atom stereocenters. The summed E-state index contributed by atoms with van der Waals surface area (Å²) in [4.78, 5) is 26.7. The Labute approximate surface area is 175 Å². The average Bonchev–Trinajstić information content (AvgIpc) is 3.24.